The fourth-order valence-corrected chi connectivity index (χ4v) is 4.06. The van der Waals surface area contributed by atoms with Crippen molar-refractivity contribution < 1.29 is 9.50 Å². The average Bonchev–Trinajstić information content (AvgIpc) is 3.22. The average molecular weight is 468 g/mol. The van der Waals surface area contributed by atoms with Gasteiger partial charge in [-0.2, -0.15) is 0 Å². The first-order chi connectivity index (χ1) is 16.0. The Morgan fingerprint density at radius 3 is 2.58 bits per heavy atom. The Hall–Kier alpha value is -3.00. The van der Waals surface area contributed by atoms with Crippen LogP contribution in [0.4, 0.5) is 15.9 Å². The maximum absolute atomic E-state index is 13.5. The molecule has 0 aliphatic rings. The number of hydrogen-bond donors (Lipinski definition) is 2. The van der Waals surface area contributed by atoms with Crippen molar-refractivity contribution in [3.63, 3.8) is 0 Å². The Bertz CT molecular complexity index is 1260. The third-order valence-corrected chi connectivity index (χ3v) is 6.06. The van der Waals surface area contributed by atoms with Gasteiger partial charge in [-0.15, -0.1) is 0 Å². The summed E-state index contributed by atoms with van der Waals surface area (Å²) in [5.41, 5.74) is 4.72. The van der Waals surface area contributed by atoms with Gasteiger partial charge in [0.25, 0.3) is 0 Å². The van der Waals surface area contributed by atoms with E-state index in [1.54, 1.807) is 6.07 Å². The monoisotopic (exact) mass is 467 g/mol. The molecule has 172 valence electrons. The zero-order valence-electron chi connectivity index (χ0n) is 18.7. The molecule has 2 heterocycles. The van der Waals surface area contributed by atoms with E-state index in [1.165, 1.54) is 24.0 Å². The van der Waals surface area contributed by atoms with Crippen LogP contribution in [-0.2, 0) is 13.0 Å². The smallest absolute Gasteiger partial charge is 0.141 e. The molecule has 0 unspecified atom stereocenters. The molecule has 0 radical (unpaired) electrons. The number of aliphatic hydroxyl groups excluding tert-OH is 1. The van der Waals surface area contributed by atoms with Gasteiger partial charge in [-0.1, -0.05) is 25.4 Å². The number of fused-ring (bicyclic) bond motifs is 1. The van der Waals surface area contributed by atoms with Crippen molar-refractivity contribution in [1.82, 2.24) is 19.4 Å². The van der Waals surface area contributed by atoms with Crippen molar-refractivity contribution in [2.45, 2.75) is 26.8 Å². The van der Waals surface area contributed by atoms with E-state index in [4.69, 9.17) is 11.6 Å². The van der Waals surface area contributed by atoms with Gasteiger partial charge in [-0.25, -0.2) is 14.4 Å². The molecule has 33 heavy (non-hydrogen) atoms. The Labute approximate surface area is 197 Å². The second-order valence-electron chi connectivity index (χ2n) is 7.83. The number of aliphatic hydroxyl groups is 1. The van der Waals surface area contributed by atoms with Crippen LogP contribution in [0.2, 0.25) is 5.02 Å². The van der Waals surface area contributed by atoms with E-state index in [9.17, 15) is 9.50 Å². The van der Waals surface area contributed by atoms with Crippen LogP contribution >= 0.6 is 11.6 Å². The number of nitrogens with one attached hydrogen (secondary N) is 1. The molecule has 0 aliphatic carbocycles. The lowest BCUT2D eigenvalue weighted by molar-refractivity contribution is 0.288. The van der Waals surface area contributed by atoms with Gasteiger partial charge in [-0.3, -0.25) is 4.90 Å². The lowest BCUT2D eigenvalue weighted by Gasteiger charge is -2.18. The molecular formula is C25H27ClFN5O. The highest BCUT2D eigenvalue weighted by Crippen LogP contribution is 2.28. The van der Waals surface area contributed by atoms with E-state index in [2.05, 4.69) is 51.0 Å². The summed E-state index contributed by atoms with van der Waals surface area (Å²) in [5.74, 6) is 0.138. The van der Waals surface area contributed by atoms with E-state index in [-0.39, 0.29) is 11.6 Å². The number of halogens is 2. The van der Waals surface area contributed by atoms with Gasteiger partial charge < -0.3 is 15.0 Å². The second-order valence-corrected chi connectivity index (χ2v) is 8.24. The maximum atomic E-state index is 13.5. The Morgan fingerprint density at radius 1 is 1.06 bits per heavy atom. The predicted octanol–water partition coefficient (Wildman–Crippen LogP) is 5.33. The quantitative estimate of drug-likeness (QED) is 0.348. The lowest BCUT2D eigenvalue weighted by atomic mass is 10.1. The molecule has 0 bridgehead atoms. The minimum atomic E-state index is -0.469. The van der Waals surface area contributed by atoms with Crippen molar-refractivity contribution in [3.8, 4) is 5.69 Å². The van der Waals surface area contributed by atoms with E-state index in [1.807, 2.05) is 18.2 Å². The molecule has 2 N–H and O–H groups in total. The molecule has 0 fully saturated rings. The lowest BCUT2D eigenvalue weighted by Crippen LogP contribution is -2.22. The van der Waals surface area contributed by atoms with Crippen molar-refractivity contribution in [1.29, 1.82) is 0 Å². The Balaban J connectivity index is 1.71. The molecular weight excluding hydrogens is 441 g/mol. The minimum absolute atomic E-state index is 0.0449. The maximum Gasteiger partial charge on any atom is 0.141 e. The first-order valence-electron chi connectivity index (χ1n) is 11.0. The third kappa shape index (κ3) is 5.16. The summed E-state index contributed by atoms with van der Waals surface area (Å²) in [6.45, 7) is 7.18. The van der Waals surface area contributed by atoms with Crippen LogP contribution in [-0.4, -0.2) is 44.2 Å². The number of rotatable bonds is 9. The summed E-state index contributed by atoms with van der Waals surface area (Å²) in [7, 11) is 0. The van der Waals surface area contributed by atoms with Gasteiger partial charge in [0, 0.05) is 42.3 Å². The van der Waals surface area contributed by atoms with Gasteiger partial charge in [0.05, 0.1) is 10.5 Å². The van der Waals surface area contributed by atoms with E-state index < -0.39 is 5.82 Å². The van der Waals surface area contributed by atoms with Crippen LogP contribution in [0, 0.1) is 5.82 Å². The molecule has 0 saturated heterocycles. The van der Waals surface area contributed by atoms with Gasteiger partial charge in [0.2, 0.25) is 0 Å². The van der Waals surface area contributed by atoms with Crippen LogP contribution in [0.5, 0.6) is 0 Å². The number of aromatic nitrogens is 3. The Kier molecular flexibility index (Phi) is 7.23. The highest BCUT2D eigenvalue weighted by atomic mass is 35.5. The van der Waals surface area contributed by atoms with E-state index in [0.717, 1.165) is 41.8 Å². The van der Waals surface area contributed by atoms with Crippen molar-refractivity contribution in [2.24, 2.45) is 0 Å². The summed E-state index contributed by atoms with van der Waals surface area (Å²) in [6.07, 6.45) is 6.30. The molecule has 2 aromatic carbocycles. The molecule has 0 saturated carbocycles. The fourth-order valence-electron chi connectivity index (χ4n) is 3.88. The molecule has 0 aliphatic heterocycles. The van der Waals surface area contributed by atoms with Crippen molar-refractivity contribution in [3.05, 3.63) is 77.1 Å². The summed E-state index contributed by atoms with van der Waals surface area (Å²) >= 11 is 5.93. The summed E-state index contributed by atoms with van der Waals surface area (Å²) < 4.78 is 15.6. The van der Waals surface area contributed by atoms with E-state index >= 15 is 0 Å². The predicted molar refractivity (Wildman–Crippen MR) is 131 cm³/mol. The molecule has 8 heteroatoms. The molecule has 4 aromatic rings. The van der Waals surface area contributed by atoms with Crippen LogP contribution in [0.3, 0.4) is 0 Å². The number of anilines is 2. The zero-order valence-corrected chi connectivity index (χ0v) is 19.5. The Morgan fingerprint density at radius 2 is 1.85 bits per heavy atom. The molecule has 0 atom stereocenters. The number of nitrogens with zero attached hydrogens (tertiary/aromatic N) is 4. The van der Waals surface area contributed by atoms with Gasteiger partial charge in [-0.05, 0) is 67.0 Å². The van der Waals surface area contributed by atoms with Crippen LogP contribution in [0.25, 0.3) is 16.6 Å². The summed E-state index contributed by atoms with van der Waals surface area (Å²) in [4.78, 5) is 11.1. The first kappa shape index (κ1) is 23.2. The standard InChI is InChI=1S/C25H27ClFN5O/c1-3-31(4-2)13-18-15-32(14-17(18)9-10-33)20-6-8-24-21(12-20)25(29-16-28-24)30-19-5-7-23(27)22(26)11-19/h5-8,11-12,14-16,33H,3-4,9-10,13H2,1-2H3,(H,28,29,30). The highest BCUT2D eigenvalue weighted by molar-refractivity contribution is 6.31. The fraction of sp³-hybridized carbons (Fsp3) is 0.280. The molecule has 6 nitrogen and oxygen atoms in total. The zero-order chi connectivity index (χ0) is 23.4. The molecule has 0 amide bonds. The third-order valence-electron chi connectivity index (χ3n) is 5.77. The molecule has 0 spiro atoms. The van der Waals surface area contributed by atoms with E-state index in [0.29, 0.717) is 17.9 Å². The summed E-state index contributed by atoms with van der Waals surface area (Å²) in [6, 6.07) is 10.4. The second kappa shape index (κ2) is 10.3. The van der Waals surface area contributed by atoms with Crippen LogP contribution in [0.1, 0.15) is 25.0 Å². The topological polar surface area (TPSA) is 66.2 Å². The molecule has 4 rings (SSSR count). The van der Waals surface area contributed by atoms with Crippen molar-refractivity contribution in [2.75, 3.05) is 25.0 Å². The highest BCUT2D eigenvalue weighted by Gasteiger charge is 2.13. The van der Waals surface area contributed by atoms with Crippen molar-refractivity contribution >= 4 is 34.0 Å². The summed E-state index contributed by atoms with van der Waals surface area (Å²) in [5, 5.41) is 13.6. The largest absolute Gasteiger partial charge is 0.396 e. The number of hydrogen-bond acceptors (Lipinski definition) is 5. The molecule has 2 aromatic heterocycles. The number of benzene rings is 2. The van der Waals surface area contributed by atoms with Gasteiger partial charge in [0.1, 0.15) is 18.0 Å². The first-order valence-corrected chi connectivity index (χ1v) is 11.4. The van der Waals surface area contributed by atoms with Crippen LogP contribution < -0.4 is 5.32 Å². The van der Waals surface area contributed by atoms with Gasteiger partial charge in [0.15, 0.2) is 0 Å². The normalized spacial score (nSPS) is 11.5. The van der Waals surface area contributed by atoms with Crippen LogP contribution in [0.15, 0.2) is 55.1 Å². The van der Waals surface area contributed by atoms with Gasteiger partial charge >= 0.3 is 0 Å². The minimum Gasteiger partial charge on any atom is -0.396 e. The SMILES string of the molecule is CCN(CC)Cc1cn(-c2ccc3ncnc(Nc4ccc(F)c(Cl)c4)c3c2)cc1CCO.